The van der Waals surface area contributed by atoms with Crippen LogP contribution in [-0.4, -0.2) is 35.3 Å². The molecule has 0 aliphatic heterocycles. The molecule has 90 valence electrons. The van der Waals surface area contributed by atoms with Gasteiger partial charge in [0, 0.05) is 26.3 Å². The van der Waals surface area contributed by atoms with E-state index in [-0.39, 0.29) is 12.5 Å². The maximum atomic E-state index is 8.89. The Balaban J connectivity index is 2.64. The van der Waals surface area contributed by atoms with Crippen LogP contribution in [0.25, 0.3) is 0 Å². The average molecular weight is 226 g/mol. The van der Waals surface area contributed by atoms with Gasteiger partial charge in [-0.2, -0.15) is 0 Å². The second kappa shape index (κ2) is 6.24. The van der Waals surface area contributed by atoms with Crippen molar-refractivity contribution in [3.05, 3.63) is 11.9 Å². The monoisotopic (exact) mass is 226 g/mol. The number of hydrogen-bond donors (Lipinski definition) is 3. The zero-order valence-corrected chi connectivity index (χ0v) is 9.60. The molecule has 6 heteroatoms. The molecule has 0 amide bonds. The molecule has 0 bridgehead atoms. The van der Waals surface area contributed by atoms with Crippen molar-refractivity contribution in [1.82, 2.24) is 9.97 Å². The number of nitrogen functional groups attached to an aromatic ring is 1. The van der Waals surface area contributed by atoms with E-state index in [2.05, 4.69) is 15.3 Å². The van der Waals surface area contributed by atoms with E-state index in [1.807, 2.05) is 6.92 Å². The molecule has 0 aromatic carbocycles. The first-order valence-electron chi connectivity index (χ1n) is 5.12. The van der Waals surface area contributed by atoms with Crippen molar-refractivity contribution in [3.8, 4) is 0 Å². The number of nitrogens with two attached hydrogens (primary N) is 1. The molecular weight excluding hydrogens is 208 g/mol. The zero-order valence-electron chi connectivity index (χ0n) is 9.60. The fourth-order valence-electron chi connectivity index (χ4n) is 1.15. The fourth-order valence-corrected chi connectivity index (χ4v) is 1.15. The van der Waals surface area contributed by atoms with Crippen LogP contribution in [0.1, 0.15) is 12.7 Å². The van der Waals surface area contributed by atoms with Gasteiger partial charge in [-0.05, 0) is 5.92 Å². The summed E-state index contributed by atoms with van der Waals surface area (Å²) in [6, 6.07) is 1.66. The van der Waals surface area contributed by atoms with E-state index in [4.69, 9.17) is 15.6 Å². The van der Waals surface area contributed by atoms with Crippen LogP contribution < -0.4 is 11.1 Å². The molecule has 1 heterocycles. The average Bonchev–Trinajstić information content (AvgIpc) is 2.25. The molecule has 0 spiro atoms. The number of aromatic nitrogens is 2. The number of anilines is 2. The van der Waals surface area contributed by atoms with Crippen LogP contribution in [0, 0.1) is 5.92 Å². The first-order chi connectivity index (χ1) is 7.65. The summed E-state index contributed by atoms with van der Waals surface area (Å²) in [4.78, 5) is 8.24. The first kappa shape index (κ1) is 12.7. The van der Waals surface area contributed by atoms with Crippen LogP contribution in [-0.2, 0) is 11.3 Å². The Hall–Kier alpha value is -1.40. The highest BCUT2D eigenvalue weighted by atomic mass is 16.5. The SMILES string of the molecule is COCc1nc(N)cc(NCC(C)CO)n1. The number of methoxy groups -OCH3 is 1. The van der Waals surface area contributed by atoms with Crippen molar-refractivity contribution in [1.29, 1.82) is 0 Å². The predicted molar refractivity (Wildman–Crippen MR) is 61.9 cm³/mol. The lowest BCUT2D eigenvalue weighted by atomic mass is 10.2. The third kappa shape index (κ3) is 4.00. The number of ether oxygens (including phenoxy) is 1. The van der Waals surface area contributed by atoms with E-state index in [9.17, 15) is 0 Å². The molecule has 0 radical (unpaired) electrons. The molecule has 16 heavy (non-hydrogen) atoms. The van der Waals surface area contributed by atoms with Gasteiger partial charge in [0.25, 0.3) is 0 Å². The maximum Gasteiger partial charge on any atom is 0.158 e. The third-order valence-corrected chi connectivity index (χ3v) is 2.01. The van der Waals surface area contributed by atoms with Crippen molar-refractivity contribution in [3.63, 3.8) is 0 Å². The second-order valence-electron chi connectivity index (χ2n) is 3.70. The molecule has 1 aromatic rings. The van der Waals surface area contributed by atoms with Crippen LogP contribution >= 0.6 is 0 Å². The summed E-state index contributed by atoms with van der Waals surface area (Å²) in [5.74, 6) is 1.77. The zero-order chi connectivity index (χ0) is 12.0. The van der Waals surface area contributed by atoms with Crippen molar-refractivity contribution in [2.75, 3.05) is 31.3 Å². The summed E-state index contributed by atoms with van der Waals surface area (Å²) < 4.78 is 4.94. The van der Waals surface area contributed by atoms with Gasteiger partial charge in [0.2, 0.25) is 0 Å². The highest BCUT2D eigenvalue weighted by Crippen LogP contribution is 2.09. The molecule has 0 aliphatic rings. The van der Waals surface area contributed by atoms with E-state index >= 15 is 0 Å². The van der Waals surface area contributed by atoms with Crippen LogP contribution in [0.5, 0.6) is 0 Å². The van der Waals surface area contributed by atoms with Gasteiger partial charge in [-0.15, -0.1) is 0 Å². The summed E-state index contributed by atoms with van der Waals surface area (Å²) in [5.41, 5.74) is 5.63. The normalized spacial score (nSPS) is 12.4. The van der Waals surface area contributed by atoms with E-state index in [1.54, 1.807) is 13.2 Å². The second-order valence-corrected chi connectivity index (χ2v) is 3.70. The number of rotatable bonds is 6. The lowest BCUT2D eigenvalue weighted by Crippen LogP contribution is -2.16. The molecule has 1 rings (SSSR count). The molecule has 6 nitrogen and oxygen atoms in total. The van der Waals surface area contributed by atoms with Crippen molar-refractivity contribution in [2.24, 2.45) is 5.92 Å². The van der Waals surface area contributed by atoms with Crippen molar-refractivity contribution >= 4 is 11.6 Å². The Labute approximate surface area is 94.9 Å². The van der Waals surface area contributed by atoms with Gasteiger partial charge in [0.05, 0.1) is 0 Å². The van der Waals surface area contributed by atoms with Gasteiger partial charge in [0.15, 0.2) is 5.82 Å². The first-order valence-corrected chi connectivity index (χ1v) is 5.12. The summed E-state index contributed by atoms with van der Waals surface area (Å²) in [5, 5.41) is 12.0. The Kier molecular flexibility index (Phi) is 4.94. The Morgan fingerprint density at radius 3 is 2.94 bits per heavy atom. The molecule has 0 fully saturated rings. The summed E-state index contributed by atoms with van der Waals surface area (Å²) >= 11 is 0. The van der Waals surface area contributed by atoms with Crippen LogP contribution in [0.2, 0.25) is 0 Å². The minimum Gasteiger partial charge on any atom is -0.396 e. The topological polar surface area (TPSA) is 93.3 Å². The summed E-state index contributed by atoms with van der Waals surface area (Å²) in [6.45, 7) is 3.04. The third-order valence-electron chi connectivity index (χ3n) is 2.01. The van der Waals surface area contributed by atoms with Crippen molar-refractivity contribution in [2.45, 2.75) is 13.5 Å². The molecule has 1 aromatic heterocycles. The number of aliphatic hydroxyl groups excluding tert-OH is 1. The molecule has 4 N–H and O–H groups in total. The largest absolute Gasteiger partial charge is 0.396 e. The highest BCUT2D eigenvalue weighted by Gasteiger charge is 2.04. The summed E-state index contributed by atoms with van der Waals surface area (Å²) in [7, 11) is 1.58. The van der Waals surface area contributed by atoms with Crippen LogP contribution in [0.3, 0.4) is 0 Å². The Morgan fingerprint density at radius 1 is 1.56 bits per heavy atom. The molecule has 0 aliphatic carbocycles. The van der Waals surface area contributed by atoms with Crippen molar-refractivity contribution < 1.29 is 9.84 Å². The van der Waals surface area contributed by atoms with E-state index in [0.717, 1.165) is 0 Å². The lowest BCUT2D eigenvalue weighted by molar-refractivity contribution is 0.178. The minimum absolute atomic E-state index is 0.137. The van der Waals surface area contributed by atoms with Gasteiger partial charge >= 0.3 is 0 Å². The van der Waals surface area contributed by atoms with Gasteiger partial charge in [0.1, 0.15) is 18.2 Å². The molecule has 1 atom stereocenters. The van der Waals surface area contributed by atoms with Crippen LogP contribution in [0.4, 0.5) is 11.6 Å². The minimum atomic E-state index is 0.137. The van der Waals surface area contributed by atoms with E-state index in [0.29, 0.717) is 30.6 Å². The van der Waals surface area contributed by atoms with Gasteiger partial charge in [-0.3, -0.25) is 0 Å². The van der Waals surface area contributed by atoms with Gasteiger partial charge in [-0.1, -0.05) is 6.92 Å². The number of aliphatic hydroxyl groups is 1. The molecule has 0 saturated heterocycles. The number of nitrogens with one attached hydrogen (secondary N) is 1. The summed E-state index contributed by atoms with van der Waals surface area (Å²) in [6.07, 6.45) is 0. The molecular formula is C10H18N4O2. The maximum absolute atomic E-state index is 8.89. The van der Waals surface area contributed by atoms with Crippen LogP contribution in [0.15, 0.2) is 6.07 Å². The predicted octanol–water partition coefficient (Wildman–Crippen LogP) is 0.245. The number of nitrogens with zero attached hydrogens (tertiary/aromatic N) is 2. The standard InChI is InChI=1S/C10H18N4O2/c1-7(5-15)4-12-9-3-8(11)13-10(14-9)6-16-2/h3,7,15H,4-6H2,1-2H3,(H3,11,12,13,14). The molecule has 1 unspecified atom stereocenters. The van der Waals surface area contributed by atoms with Gasteiger partial charge < -0.3 is 20.9 Å². The van der Waals surface area contributed by atoms with E-state index < -0.39 is 0 Å². The van der Waals surface area contributed by atoms with E-state index in [1.165, 1.54) is 0 Å². The Bertz CT molecular complexity index is 333. The fraction of sp³-hybridized carbons (Fsp3) is 0.600. The Morgan fingerprint density at radius 2 is 2.31 bits per heavy atom. The molecule has 0 saturated carbocycles. The highest BCUT2D eigenvalue weighted by molar-refractivity contribution is 5.44. The smallest absolute Gasteiger partial charge is 0.158 e. The number of hydrogen-bond acceptors (Lipinski definition) is 6. The lowest BCUT2D eigenvalue weighted by Gasteiger charge is -2.11. The van der Waals surface area contributed by atoms with Gasteiger partial charge in [-0.25, -0.2) is 9.97 Å². The quantitative estimate of drug-likeness (QED) is 0.643.